The van der Waals surface area contributed by atoms with Crippen molar-refractivity contribution in [3.63, 3.8) is 0 Å². The van der Waals surface area contributed by atoms with E-state index in [4.69, 9.17) is 5.73 Å². The minimum Gasteiger partial charge on any atom is -0.397 e. The number of hydrogen-bond donors (Lipinski definition) is 2. The highest BCUT2D eigenvalue weighted by Crippen LogP contribution is 2.23. The van der Waals surface area contributed by atoms with E-state index in [0.29, 0.717) is 11.2 Å². The smallest absolute Gasteiger partial charge is 0.282 e. The fourth-order valence-corrected chi connectivity index (χ4v) is 1.96. The van der Waals surface area contributed by atoms with Gasteiger partial charge in [-0.3, -0.25) is 14.2 Å². The van der Waals surface area contributed by atoms with Crippen molar-refractivity contribution in [2.24, 2.45) is 0 Å². The molecule has 0 atom stereocenters. The van der Waals surface area contributed by atoms with Crippen molar-refractivity contribution < 1.29 is 4.79 Å². The van der Waals surface area contributed by atoms with E-state index in [1.807, 2.05) is 18.2 Å². The molecule has 0 bridgehead atoms. The maximum absolute atomic E-state index is 12.3. The summed E-state index contributed by atoms with van der Waals surface area (Å²) in [7, 11) is 0. The summed E-state index contributed by atoms with van der Waals surface area (Å²) in [6, 6.07) is 7.32. The molecule has 3 rings (SSSR count). The first-order valence-corrected chi connectivity index (χ1v) is 5.62. The third-order valence-electron chi connectivity index (χ3n) is 2.85. The number of nitrogens with two attached hydrogens (primary N) is 1. The fraction of sp³-hybridized carbons (Fsp3) is 0. The van der Waals surface area contributed by atoms with Crippen LogP contribution in [0.4, 0.5) is 5.69 Å². The Balaban J connectivity index is 2.17. The predicted molar refractivity (Wildman–Crippen MR) is 70.9 cm³/mol. The number of aromatic nitrogens is 3. The van der Waals surface area contributed by atoms with Crippen molar-refractivity contribution in [1.29, 1.82) is 0 Å². The van der Waals surface area contributed by atoms with Gasteiger partial charge in [0, 0.05) is 17.8 Å². The van der Waals surface area contributed by atoms with Crippen LogP contribution in [0, 0.1) is 0 Å². The van der Waals surface area contributed by atoms with Gasteiger partial charge in [-0.25, -0.2) is 4.98 Å². The zero-order valence-electron chi connectivity index (χ0n) is 9.83. The Bertz CT molecular complexity index is 812. The van der Waals surface area contributed by atoms with Gasteiger partial charge < -0.3 is 10.7 Å². The average molecular weight is 254 g/mol. The highest BCUT2D eigenvalue weighted by Gasteiger charge is 2.14. The first-order chi connectivity index (χ1) is 9.16. The van der Waals surface area contributed by atoms with Gasteiger partial charge in [0.25, 0.3) is 11.5 Å². The third kappa shape index (κ3) is 1.79. The second kappa shape index (κ2) is 4.09. The second-order valence-corrected chi connectivity index (χ2v) is 4.07. The molecule has 2 aromatic heterocycles. The van der Waals surface area contributed by atoms with Crippen LogP contribution in [0.3, 0.4) is 0 Å². The van der Waals surface area contributed by atoms with E-state index in [0.717, 1.165) is 11.6 Å². The van der Waals surface area contributed by atoms with Gasteiger partial charge in [0.1, 0.15) is 5.69 Å². The summed E-state index contributed by atoms with van der Waals surface area (Å²) in [6.45, 7) is 0. The number of aromatic amines is 1. The molecule has 0 aliphatic carbocycles. The molecule has 0 amide bonds. The van der Waals surface area contributed by atoms with Gasteiger partial charge in [-0.1, -0.05) is 18.2 Å². The minimum atomic E-state index is -0.353. The molecule has 0 aliphatic rings. The van der Waals surface area contributed by atoms with Crippen LogP contribution in [0.2, 0.25) is 0 Å². The topological polar surface area (TPSA) is 93.8 Å². The van der Waals surface area contributed by atoms with E-state index in [-0.39, 0.29) is 17.2 Å². The zero-order chi connectivity index (χ0) is 13.4. The maximum Gasteiger partial charge on any atom is 0.282 e. The number of nitrogens with one attached hydrogen (secondary N) is 1. The van der Waals surface area contributed by atoms with Crippen molar-refractivity contribution in [2.45, 2.75) is 0 Å². The molecule has 1 aromatic carbocycles. The highest BCUT2D eigenvalue weighted by atomic mass is 16.2. The van der Waals surface area contributed by atoms with Crippen LogP contribution in [0.5, 0.6) is 0 Å². The first kappa shape index (κ1) is 11.2. The summed E-state index contributed by atoms with van der Waals surface area (Å²) in [4.78, 5) is 29.5. The molecular weight excluding hydrogens is 244 g/mol. The monoisotopic (exact) mass is 254 g/mol. The van der Waals surface area contributed by atoms with Gasteiger partial charge >= 0.3 is 0 Å². The average Bonchev–Trinajstić information content (AvgIpc) is 2.77. The molecule has 0 spiro atoms. The number of benzene rings is 1. The molecule has 0 radical (unpaired) electrons. The Labute approximate surface area is 107 Å². The molecule has 0 unspecified atom stereocenters. The summed E-state index contributed by atoms with van der Waals surface area (Å²) < 4.78 is 1.42. The molecule has 0 saturated heterocycles. The van der Waals surface area contributed by atoms with E-state index in [9.17, 15) is 9.59 Å². The Morgan fingerprint density at radius 3 is 2.84 bits per heavy atom. The number of nitrogens with zero attached hydrogens (tertiary/aromatic N) is 2. The number of anilines is 1. The van der Waals surface area contributed by atoms with Crippen molar-refractivity contribution >= 4 is 22.5 Å². The van der Waals surface area contributed by atoms with Crippen LogP contribution in [-0.4, -0.2) is 20.4 Å². The highest BCUT2D eigenvalue weighted by molar-refractivity contribution is 6.04. The number of carbonyl (C=O) groups is 1. The number of nitrogen functional groups attached to an aromatic ring is 1. The lowest BCUT2D eigenvalue weighted by molar-refractivity contribution is 0.0959. The Morgan fingerprint density at radius 2 is 2.11 bits per heavy atom. The van der Waals surface area contributed by atoms with Gasteiger partial charge in [-0.2, -0.15) is 0 Å². The standard InChI is InChI=1S/C13H10N4O2/c14-9-7-17(11-4-2-1-3-8(9)11)13(19)10-5-16-12(18)6-15-10/h1-7H,14H2,(H,16,18). The van der Waals surface area contributed by atoms with Crippen molar-refractivity contribution in [3.8, 4) is 0 Å². The number of hydrogen-bond acceptors (Lipinski definition) is 4. The van der Waals surface area contributed by atoms with Crippen LogP contribution in [0.1, 0.15) is 10.5 Å². The van der Waals surface area contributed by atoms with Gasteiger partial charge in [-0.15, -0.1) is 0 Å². The molecule has 6 heteroatoms. The maximum atomic E-state index is 12.3. The molecular formula is C13H10N4O2. The lowest BCUT2D eigenvalue weighted by Gasteiger charge is -2.02. The Morgan fingerprint density at radius 1 is 1.32 bits per heavy atom. The van der Waals surface area contributed by atoms with Gasteiger partial charge in [0.2, 0.25) is 0 Å². The summed E-state index contributed by atoms with van der Waals surface area (Å²) in [6.07, 6.45) is 3.91. The van der Waals surface area contributed by atoms with Crippen LogP contribution in [0.15, 0.2) is 47.7 Å². The summed E-state index contributed by atoms with van der Waals surface area (Å²) >= 11 is 0. The van der Waals surface area contributed by atoms with Gasteiger partial charge in [0.15, 0.2) is 0 Å². The van der Waals surface area contributed by atoms with Crippen LogP contribution >= 0.6 is 0 Å². The SMILES string of the molecule is Nc1cn(C(=O)c2c[nH]c(=O)cn2)c2ccccc12. The third-order valence-corrected chi connectivity index (χ3v) is 2.85. The largest absolute Gasteiger partial charge is 0.397 e. The molecule has 6 nitrogen and oxygen atoms in total. The number of para-hydroxylation sites is 1. The number of rotatable bonds is 1. The quantitative estimate of drug-likeness (QED) is 0.677. The van der Waals surface area contributed by atoms with E-state index in [1.54, 1.807) is 12.3 Å². The number of carbonyl (C=O) groups excluding carboxylic acids is 1. The number of fused-ring (bicyclic) bond motifs is 1. The first-order valence-electron chi connectivity index (χ1n) is 5.62. The molecule has 0 saturated carbocycles. The second-order valence-electron chi connectivity index (χ2n) is 4.07. The fourth-order valence-electron chi connectivity index (χ4n) is 1.96. The lowest BCUT2D eigenvalue weighted by Crippen LogP contribution is -2.16. The lowest BCUT2D eigenvalue weighted by atomic mass is 10.2. The van der Waals surface area contributed by atoms with Crippen molar-refractivity contribution in [3.05, 3.63) is 58.9 Å². The minimum absolute atomic E-state index is 0.153. The van der Waals surface area contributed by atoms with Crippen LogP contribution in [0.25, 0.3) is 10.9 Å². The van der Waals surface area contributed by atoms with Crippen LogP contribution < -0.4 is 11.3 Å². The molecule has 0 fully saturated rings. The Hall–Kier alpha value is -2.89. The molecule has 3 N–H and O–H groups in total. The number of H-pyrrole nitrogens is 1. The van der Waals surface area contributed by atoms with Gasteiger partial charge in [0.05, 0.1) is 17.4 Å². The van der Waals surface area contributed by atoms with E-state index < -0.39 is 0 Å². The molecule has 0 aliphatic heterocycles. The van der Waals surface area contributed by atoms with Gasteiger partial charge in [-0.05, 0) is 6.07 Å². The van der Waals surface area contributed by atoms with E-state index in [2.05, 4.69) is 9.97 Å². The predicted octanol–water partition coefficient (Wildman–Crippen LogP) is 0.995. The summed E-state index contributed by atoms with van der Waals surface area (Å²) in [5.41, 5.74) is 6.89. The summed E-state index contributed by atoms with van der Waals surface area (Å²) in [5.74, 6) is -0.343. The van der Waals surface area contributed by atoms with Crippen molar-refractivity contribution in [2.75, 3.05) is 5.73 Å². The molecule has 94 valence electrons. The van der Waals surface area contributed by atoms with E-state index >= 15 is 0 Å². The van der Waals surface area contributed by atoms with E-state index in [1.165, 1.54) is 10.8 Å². The molecule has 2 heterocycles. The zero-order valence-corrected chi connectivity index (χ0v) is 9.83. The Kier molecular flexibility index (Phi) is 2.42. The van der Waals surface area contributed by atoms with Crippen LogP contribution in [-0.2, 0) is 0 Å². The summed E-state index contributed by atoms with van der Waals surface area (Å²) in [5, 5.41) is 0.806. The normalized spacial score (nSPS) is 10.7. The molecule has 19 heavy (non-hydrogen) atoms. The van der Waals surface area contributed by atoms with Crippen molar-refractivity contribution in [1.82, 2.24) is 14.5 Å². The molecule has 3 aromatic rings.